The van der Waals surface area contributed by atoms with E-state index in [-0.39, 0.29) is 37.3 Å². The number of hydrogen-bond donors (Lipinski definition) is 2. The van der Waals surface area contributed by atoms with Crippen molar-refractivity contribution in [1.29, 1.82) is 0 Å². The molecule has 0 spiro atoms. The van der Waals surface area contributed by atoms with E-state index in [2.05, 4.69) is 4.98 Å². The summed E-state index contributed by atoms with van der Waals surface area (Å²) in [6, 6.07) is 2.63. The topological polar surface area (TPSA) is 96.5 Å². The number of fused-ring (bicyclic) bond motifs is 1. The predicted molar refractivity (Wildman–Crippen MR) is 70.4 cm³/mol. The fraction of sp³-hybridized carbons (Fsp3) is 0.300. The Morgan fingerprint density at radius 3 is 2.83 bits per heavy atom. The lowest BCUT2D eigenvalue weighted by molar-refractivity contribution is -0.136. The normalized spacial score (nSPS) is 17.3. The molecule has 1 unspecified atom stereocenters. The van der Waals surface area contributed by atoms with Crippen LogP contribution in [0.4, 0.5) is 5.69 Å². The smallest absolute Gasteiger partial charge is 0.323 e. The number of nitrogens with two attached hydrogens (primary N) is 1. The van der Waals surface area contributed by atoms with E-state index in [1.54, 1.807) is 18.3 Å². The maximum atomic E-state index is 11.7. The Morgan fingerprint density at radius 1 is 1.56 bits per heavy atom. The van der Waals surface area contributed by atoms with Crippen molar-refractivity contribution in [2.75, 3.05) is 11.4 Å². The summed E-state index contributed by atoms with van der Waals surface area (Å²) in [4.78, 5) is 27.7. The number of nitrogens with zero attached hydrogens (tertiary/aromatic N) is 2. The molecule has 1 aromatic heterocycles. The Morgan fingerprint density at radius 2 is 2.22 bits per heavy atom. The number of carboxylic acids is 1. The number of aromatic nitrogens is 1. The Hall–Kier alpha value is -1.37. The largest absolute Gasteiger partial charge is 0.480 e. The van der Waals surface area contributed by atoms with E-state index in [4.69, 9.17) is 10.8 Å². The van der Waals surface area contributed by atoms with Gasteiger partial charge in [0.1, 0.15) is 6.54 Å². The molecule has 1 aliphatic heterocycles. The number of carbonyl (C=O) groups is 2. The quantitative estimate of drug-likeness (QED) is 0.813. The van der Waals surface area contributed by atoms with Gasteiger partial charge in [-0.25, -0.2) is 0 Å². The first-order chi connectivity index (χ1) is 7.59. The average molecular weight is 294 g/mol. The van der Waals surface area contributed by atoms with Gasteiger partial charge in [0.15, 0.2) is 0 Å². The molecule has 1 aliphatic rings. The van der Waals surface area contributed by atoms with Gasteiger partial charge < -0.3 is 10.8 Å². The highest BCUT2D eigenvalue weighted by Crippen LogP contribution is 2.24. The second-order valence-electron chi connectivity index (χ2n) is 3.60. The number of halogens is 2. The highest BCUT2D eigenvalue weighted by atomic mass is 35.5. The Balaban J connectivity index is 0.00000144. The second kappa shape index (κ2) is 6.53. The number of carbonyl (C=O) groups excluding carboxylic acids is 1. The lowest BCUT2D eigenvalue weighted by atomic mass is 10.0. The molecule has 6 nitrogen and oxygen atoms in total. The molecule has 0 aliphatic carbocycles. The summed E-state index contributed by atoms with van der Waals surface area (Å²) in [6.07, 6.45) is 1.95. The third-order valence-corrected chi connectivity index (χ3v) is 2.45. The van der Waals surface area contributed by atoms with E-state index in [1.165, 1.54) is 4.90 Å². The standard InChI is InChI=1S/C10H11N3O3.2ClH/c11-6-4-7-8(2-1-3-12-7)13(10(6)16)5-9(14)15;;/h1-3,6H,4-5,11H2,(H,14,15);2*1H. The van der Waals surface area contributed by atoms with Crippen molar-refractivity contribution >= 4 is 42.4 Å². The summed E-state index contributed by atoms with van der Waals surface area (Å²) in [6.45, 7) is -0.384. The first-order valence-corrected chi connectivity index (χ1v) is 4.82. The fourth-order valence-corrected chi connectivity index (χ4v) is 1.75. The summed E-state index contributed by atoms with van der Waals surface area (Å²) < 4.78 is 0. The lowest BCUT2D eigenvalue weighted by Gasteiger charge is -2.30. The summed E-state index contributed by atoms with van der Waals surface area (Å²) in [5.41, 5.74) is 6.84. The molecule has 2 heterocycles. The van der Waals surface area contributed by atoms with Gasteiger partial charge in [-0.2, -0.15) is 0 Å². The van der Waals surface area contributed by atoms with Crippen molar-refractivity contribution in [3.63, 3.8) is 0 Å². The van der Waals surface area contributed by atoms with Crippen LogP contribution in [0.5, 0.6) is 0 Å². The van der Waals surface area contributed by atoms with Crippen molar-refractivity contribution in [2.45, 2.75) is 12.5 Å². The van der Waals surface area contributed by atoms with E-state index < -0.39 is 12.0 Å². The van der Waals surface area contributed by atoms with Crippen LogP contribution < -0.4 is 10.6 Å². The van der Waals surface area contributed by atoms with Gasteiger partial charge in [0.25, 0.3) is 0 Å². The van der Waals surface area contributed by atoms with Gasteiger partial charge in [-0.1, -0.05) is 0 Å². The highest BCUT2D eigenvalue weighted by molar-refractivity contribution is 6.02. The van der Waals surface area contributed by atoms with Gasteiger partial charge >= 0.3 is 5.97 Å². The van der Waals surface area contributed by atoms with Crippen LogP contribution in [-0.2, 0) is 16.0 Å². The van der Waals surface area contributed by atoms with Crippen LogP contribution in [-0.4, -0.2) is 34.6 Å². The minimum absolute atomic E-state index is 0. The van der Waals surface area contributed by atoms with E-state index in [9.17, 15) is 9.59 Å². The molecule has 0 saturated carbocycles. The Kier molecular flexibility index (Phi) is 6.04. The van der Waals surface area contributed by atoms with Crippen LogP contribution >= 0.6 is 24.8 Å². The van der Waals surface area contributed by atoms with Crippen molar-refractivity contribution in [1.82, 2.24) is 4.98 Å². The highest BCUT2D eigenvalue weighted by Gasteiger charge is 2.32. The molecule has 1 amide bonds. The Bertz CT molecular complexity index is 456. The maximum Gasteiger partial charge on any atom is 0.323 e. The van der Waals surface area contributed by atoms with E-state index in [0.717, 1.165) is 0 Å². The second-order valence-corrected chi connectivity index (χ2v) is 3.60. The van der Waals surface area contributed by atoms with Crippen LogP contribution in [0.1, 0.15) is 5.69 Å². The predicted octanol–water partition coefficient (Wildman–Crippen LogP) is 0.226. The molecule has 1 aromatic rings. The number of aliphatic carboxylic acids is 1. The zero-order valence-electron chi connectivity index (χ0n) is 9.28. The third kappa shape index (κ3) is 3.10. The molecule has 100 valence electrons. The van der Waals surface area contributed by atoms with Crippen LogP contribution in [0.15, 0.2) is 18.3 Å². The summed E-state index contributed by atoms with van der Waals surface area (Å²) >= 11 is 0. The molecule has 0 bridgehead atoms. The number of pyridine rings is 1. The minimum atomic E-state index is -1.07. The van der Waals surface area contributed by atoms with Crippen LogP contribution in [0.3, 0.4) is 0 Å². The van der Waals surface area contributed by atoms with E-state index in [1.807, 2.05) is 0 Å². The molecule has 0 saturated heterocycles. The van der Waals surface area contributed by atoms with Crippen molar-refractivity contribution < 1.29 is 14.7 Å². The van der Waals surface area contributed by atoms with Gasteiger partial charge in [0.05, 0.1) is 17.4 Å². The van der Waals surface area contributed by atoms with Crippen LogP contribution in [0.25, 0.3) is 0 Å². The van der Waals surface area contributed by atoms with Gasteiger partial charge in [-0.05, 0) is 12.1 Å². The zero-order valence-corrected chi connectivity index (χ0v) is 10.9. The average Bonchev–Trinajstić information content (AvgIpc) is 2.24. The molecule has 8 heteroatoms. The molecule has 3 N–H and O–H groups in total. The van der Waals surface area contributed by atoms with Gasteiger partial charge in [-0.3, -0.25) is 19.5 Å². The molecule has 18 heavy (non-hydrogen) atoms. The van der Waals surface area contributed by atoms with Gasteiger partial charge in [0.2, 0.25) is 5.91 Å². The van der Waals surface area contributed by atoms with Gasteiger partial charge in [-0.15, -0.1) is 24.8 Å². The van der Waals surface area contributed by atoms with E-state index in [0.29, 0.717) is 17.8 Å². The van der Waals surface area contributed by atoms with Gasteiger partial charge in [0, 0.05) is 12.6 Å². The first-order valence-electron chi connectivity index (χ1n) is 4.82. The molecule has 0 aromatic carbocycles. The lowest BCUT2D eigenvalue weighted by Crippen LogP contribution is -2.50. The number of anilines is 1. The maximum absolute atomic E-state index is 11.7. The minimum Gasteiger partial charge on any atom is -0.480 e. The van der Waals surface area contributed by atoms with Crippen LogP contribution in [0.2, 0.25) is 0 Å². The Labute approximate surface area is 116 Å². The number of rotatable bonds is 2. The van der Waals surface area contributed by atoms with E-state index >= 15 is 0 Å². The molecule has 0 fully saturated rings. The monoisotopic (exact) mass is 293 g/mol. The number of carboxylic acid groups (broad SMARTS) is 1. The number of amides is 1. The number of hydrogen-bond acceptors (Lipinski definition) is 4. The molecule has 0 radical (unpaired) electrons. The third-order valence-electron chi connectivity index (χ3n) is 2.45. The van der Waals surface area contributed by atoms with Crippen LogP contribution in [0, 0.1) is 0 Å². The summed E-state index contributed by atoms with van der Waals surface area (Å²) in [5, 5.41) is 8.74. The summed E-state index contributed by atoms with van der Waals surface area (Å²) in [7, 11) is 0. The SMILES string of the molecule is Cl.Cl.NC1Cc2ncccc2N(CC(=O)O)C1=O. The van der Waals surface area contributed by atoms with Crippen molar-refractivity contribution in [3.8, 4) is 0 Å². The summed E-state index contributed by atoms with van der Waals surface area (Å²) in [5.74, 6) is -1.44. The first kappa shape index (κ1) is 16.6. The molecule has 1 atom stereocenters. The molecular weight excluding hydrogens is 281 g/mol. The molecular formula is C10H13Cl2N3O3. The zero-order chi connectivity index (χ0) is 11.7. The fourth-order valence-electron chi connectivity index (χ4n) is 1.75. The molecule has 2 rings (SSSR count). The van der Waals surface area contributed by atoms with Crippen molar-refractivity contribution in [2.24, 2.45) is 5.73 Å². The van der Waals surface area contributed by atoms with Crippen molar-refractivity contribution in [3.05, 3.63) is 24.0 Å².